The maximum absolute atomic E-state index is 12.1. The van der Waals surface area contributed by atoms with Crippen LogP contribution in [0.3, 0.4) is 0 Å². The molecule has 2 unspecified atom stereocenters. The normalized spacial score (nSPS) is 20.3. The smallest absolute Gasteiger partial charge is 0.234 e. The molecule has 0 fully saturated rings. The second-order valence-corrected chi connectivity index (χ2v) is 6.28. The fraction of sp³-hybridized carbons (Fsp3) is 0.533. The second kappa shape index (κ2) is 5.87. The highest BCUT2D eigenvalue weighted by atomic mass is 79.9. The lowest BCUT2D eigenvalue weighted by Crippen LogP contribution is -2.37. The lowest BCUT2D eigenvalue weighted by molar-refractivity contribution is -0.121. The van der Waals surface area contributed by atoms with Crippen LogP contribution in [-0.4, -0.2) is 10.7 Å². The van der Waals surface area contributed by atoms with Gasteiger partial charge in [0.05, 0.1) is 10.9 Å². The third kappa shape index (κ3) is 2.94. The van der Waals surface area contributed by atoms with Crippen molar-refractivity contribution in [3.05, 3.63) is 35.4 Å². The number of carbonyl (C=O) groups excluding carboxylic acids is 1. The van der Waals surface area contributed by atoms with Crippen LogP contribution in [0.4, 0.5) is 0 Å². The van der Waals surface area contributed by atoms with Gasteiger partial charge in [0.15, 0.2) is 0 Å². The Morgan fingerprint density at radius 3 is 2.83 bits per heavy atom. The fourth-order valence-electron chi connectivity index (χ4n) is 2.46. The summed E-state index contributed by atoms with van der Waals surface area (Å²) in [6.45, 7) is 4.10. The van der Waals surface area contributed by atoms with Gasteiger partial charge in [0.1, 0.15) is 0 Å². The van der Waals surface area contributed by atoms with Crippen molar-refractivity contribution in [1.82, 2.24) is 5.32 Å². The first-order chi connectivity index (χ1) is 8.59. The number of hydrogen-bond donors (Lipinski definition) is 1. The summed E-state index contributed by atoms with van der Waals surface area (Å²) < 4.78 is 0. The van der Waals surface area contributed by atoms with E-state index in [9.17, 15) is 4.79 Å². The van der Waals surface area contributed by atoms with Crippen LogP contribution in [0.1, 0.15) is 43.9 Å². The zero-order valence-corrected chi connectivity index (χ0v) is 12.5. The van der Waals surface area contributed by atoms with E-state index in [2.05, 4.69) is 45.5 Å². The maximum Gasteiger partial charge on any atom is 0.234 e. The topological polar surface area (TPSA) is 29.1 Å². The van der Waals surface area contributed by atoms with Gasteiger partial charge >= 0.3 is 0 Å². The number of nitrogens with one attached hydrogen (secondary N) is 1. The van der Waals surface area contributed by atoms with Gasteiger partial charge < -0.3 is 5.32 Å². The minimum Gasteiger partial charge on any atom is -0.348 e. The van der Waals surface area contributed by atoms with Crippen LogP contribution in [-0.2, 0) is 11.2 Å². The monoisotopic (exact) mass is 309 g/mol. The van der Waals surface area contributed by atoms with E-state index < -0.39 is 0 Å². The van der Waals surface area contributed by atoms with Crippen LogP contribution in [0.5, 0.6) is 0 Å². The molecule has 1 aromatic rings. The lowest BCUT2D eigenvalue weighted by Gasteiger charge is -2.27. The number of hydrogen-bond acceptors (Lipinski definition) is 1. The minimum atomic E-state index is -0.105. The summed E-state index contributed by atoms with van der Waals surface area (Å²) in [7, 11) is 0. The predicted octanol–water partition coefficient (Wildman–Crippen LogP) is 3.60. The highest BCUT2D eigenvalue weighted by Gasteiger charge is 2.25. The zero-order chi connectivity index (χ0) is 13.1. The highest BCUT2D eigenvalue weighted by molar-refractivity contribution is 9.10. The number of benzene rings is 1. The molecule has 0 saturated heterocycles. The Labute approximate surface area is 117 Å². The molecule has 0 bridgehead atoms. The molecule has 98 valence electrons. The van der Waals surface area contributed by atoms with Gasteiger partial charge in [0.25, 0.3) is 0 Å². The van der Waals surface area contributed by atoms with Crippen molar-refractivity contribution in [2.75, 3.05) is 0 Å². The average Bonchev–Trinajstić information content (AvgIpc) is 2.38. The van der Waals surface area contributed by atoms with Gasteiger partial charge in [0, 0.05) is 0 Å². The summed E-state index contributed by atoms with van der Waals surface area (Å²) in [5, 5.41) is 3.17. The van der Waals surface area contributed by atoms with Crippen molar-refractivity contribution >= 4 is 21.8 Å². The molecule has 1 N–H and O–H groups in total. The van der Waals surface area contributed by atoms with Crippen molar-refractivity contribution in [2.24, 2.45) is 5.92 Å². The third-order valence-electron chi connectivity index (χ3n) is 3.52. The van der Waals surface area contributed by atoms with Crippen LogP contribution in [0, 0.1) is 5.92 Å². The number of rotatable bonds is 3. The van der Waals surface area contributed by atoms with Crippen LogP contribution in [0.15, 0.2) is 24.3 Å². The standard InChI is InChI=1S/C15H20BrNO/c1-10(2)14(16)15(18)17-13-9-5-7-11-6-3-4-8-12(11)13/h3-4,6,8,10,13-14H,5,7,9H2,1-2H3,(H,17,18). The Bertz CT molecular complexity index is 430. The van der Waals surface area contributed by atoms with Gasteiger partial charge in [-0.3, -0.25) is 4.79 Å². The van der Waals surface area contributed by atoms with Gasteiger partial charge in [-0.25, -0.2) is 0 Å². The summed E-state index contributed by atoms with van der Waals surface area (Å²) in [6.07, 6.45) is 3.32. The number of fused-ring (bicyclic) bond motifs is 1. The van der Waals surface area contributed by atoms with E-state index in [-0.39, 0.29) is 16.8 Å². The van der Waals surface area contributed by atoms with E-state index in [1.54, 1.807) is 0 Å². The summed E-state index contributed by atoms with van der Waals surface area (Å²) in [6, 6.07) is 8.61. The average molecular weight is 310 g/mol. The Hall–Kier alpha value is -0.830. The lowest BCUT2D eigenvalue weighted by atomic mass is 9.87. The van der Waals surface area contributed by atoms with E-state index in [1.807, 2.05) is 13.8 Å². The molecule has 2 nitrogen and oxygen atoms in total. The van der Waals surface area contributed by atoms with Gasteiger partial charge in [-0.15, -0.1) is 0 Å². The summed E-state index contributed by atoms with van der Waals surface area (Å²) >= 11 is 3.46. The quantitative estimate of drug-likeness (QED) is 0.849. The summed E-state index contributed by atoms with van der Waals surface area (Å²) in [4.78, 5) is 12.0. The first-order valence-electron chi connectivity index (χ1n) is 6.62. The molecular formula is C15H20BrNO. The van der Waals surface area contributed by atoms with Crippen molar-refractivity contribution in [2.45, 2.75) is 44.0 Å². The molecule has 1 aliphatic carbocycles. The molecule has 0 saturated carbocycles. The SMILES string of the molecule is CC(C)C(Br)C(=O)NC1CCCc2ccccc21. The number of amides is 1. The van der Waals surface area contributed by atoms with Crippen LogP contribution >= 0.6 is 15.9 Å². The van der Waals surface area contributed by atoms with Crippen molar-refractivity contribution in [1.29, 1.82) is 0 Å². The van der Waals surface area contributed by atoms with Gasteiger partial charge in [-0.1, -0.05) is 54.0 Å². The highest BCUT2D eigenvalue weighted by Crippen LogP contribution is 2.29. The first-order valence-corrected chi connectivity index (χ1v) is 7.53. The van der Waals surface area contributed by atoms with Gasteiger partial charge in [-0.2, -0.15) is 0 Å². The van der Waals surface area contributed by atoms with Crippen LogP contribution < -0.4 is 5.32 Å². The molecule has 1 aliphatic rings. The molecule has 1 amide bonds. The molecule has 2 atom stereocenters. The van der Waals surface area contributed by atoms with E-state index in [0.717, 1.165) is 19.3 Å². The minimum absolute atomic E-state index is 0.103. The molecule has 0 aliphatic heterocycles. The number of aryl methyl sites for hydroxylation is 1. The molecule has 1 aromatic carbocycles. The zero-order valence-electron chi connectivity index (χ0n) is 10.9. The second-order valence-electron chi connectivity index (χ2n) is 5.30. The Balaban J connectivity index is 2.10. The molecule has 0 radical (unpaired) electrons. The molecule has 0 spiro atoms. The molecule has 0 aromatic heterocycles. The first kappa shape index (κ1) is 13.6. The van der Waals surface area contributed by atoms with Crippen LogP contribution in [0.2, 0.25) is 0 Å². The maximum atomic E-state index is 12.1. The van der Waals surface area contributed by atoms with E-state index >= 15 is 0 Å². The molecular weight excluding hydrogens is 290 g/mol. The molecule has 0 heterocycles. The molecule has 2 rings (SSSR count). The van der Waals surface area contributed by atoms with Crippen molar-refractivity contribution in [3.63, 3.8) is 0 Å². The van der Waals surface area contributed by atoms with E-state index in [1.165, 1.54) is 11.1 Å². The van der Waals surface area contributed by atoms with Crippen LogP contribution in [0.25, 0.3) is 0 Å². The molecule has 3 heteroatoms. The third-order valence-corrected chi connectivity index (χ3v) is 4.99. The Morgan fingerprint density at radius 1 is 1.39 bits per heavy atom. The number of alkyl halides is 1. The Morgan fingerprint density at radius 2 is 2.11 bits per heavy atom. The largest absolute Gasteiger partial charge is 0.348 e. The van der Waals surface area contributed by atoms with Gasteiger partial charge in [0.2, 0.25) is 5.91 Å². The van der Waals surface area contributed by atoms with Crippen molar-refractivity contribution in [3.8, 4) is 0 Å². The van der Waals surface area contributed by atoms with E-state index in [4.69, 9.17) is 0 Å². The summed E-state index contributed by atoms with van der Waals surface area (Å²) in [5.74, 6) is 0.413. The predicted molar refractivity (Wildman–Crippen MR) is 77.8 cm³/mol. The Kier molecular flexibility index (Phi) is 4.44. The van der Waals surface area contributed by atoms with Gasteiger partial charge in [-0.05, 0) is 36.3 Å². The fourth-order valence-corrected chi connectivity index (χ4v) is 2.59. The number of carbonyl (C=O) groups is 1. The molecule has 18 heavy (non-hydrogen) atoms. The number of halogens is 1. The van der Waals surface area contributed by atoms with E-state index in [0.29, 0.717) is 5.92 Å². The summed E-state index contributed by atoms with van der Waals surface area (Å²) in [5.41, 5.74) is 2.67. The van der Waals surface area contributed by atoms with Crippen molar-refractivity contribution < 1.29 is 4.79 Å².